The molecule has 0 fully saturated rings. The van der Waals surface area contributed by atoms with Crippen LogP contribution >= 0.6 is 0 Å². The van der Waals surface area contributed by atoms with E-state index in [0.29, 0.717) is 11.3 Å². The summed E-state index contributed by atoms with van der Waals surface area (Å²) < 4.78 is 0. The highest BCUT2D eigenvalue weighted by molar-refractivity contribution is 5.32. The monoisotopic (exact) mass is 246 g/mol. The van der Waals surface area contributed by atoms with Gasteiger partial charge < -0.3 is 10.6 Å². The summed E-state index contributed by atoms with van der Waals surface area (Å²) in [6.45, 7) is 11.2. The summed E-state index contributed by atoms with van der Waals surface area (Å²) in [7, 11) is 0. The van der Waals surface area contributed by atoms with Crippen LogP contribution in [-0.4, -0.2) is 19.6 Å². The predicted octanol–water partition coefficient (Wildman–Crippen LogP) is 2.90. The Balaban J connectivity index is 1.92. The second kappa shape index (κ2) is 5.85. The molecule has 2 N–H and O–H groups in total. The molecule has 1 unspecified atom stereocenters. The molecule has 0 amide bonds. The quantitative estimate of drug-likeness (QED) is 0.835. The molecule has 0 saturated carbocycles. The molecule has 1 aromatic carbocycles. The number of hydrogen-bond acceptors (Lipinski definition) is 2. The number of nitrogens with one attached hydrogen (secondary N) is 2. The average molecular weight is 246 g/mol. The number of rotatable bonds is 5. The lowest BCUT2D eigenvalue weighted by atomic mass is 9.88. The third-order valence-corrected chi connectivity index (χ3v) is 4.15. The Kier molecular flexibility index (Phi) is 4.41. The Hall–Kier alpha value is -0.860. The van der Waals surface area contributed by atoms with Crippen LogP contribution in [0.1, 0.15) is 44.2 Å². The van der Waals surface area contributed by atoms with Crippen LogP contribution in [0.3, 0.4) is 0 Å². The van der Waals surface area contributed by atoms with Crippen LogP contribution in [0.5, 0.6) is 0 Å². The summed E-state index contributed by atoms with van der Waals surface area (Å²) in [5.74, 6) is 0.614. The lowest BCUT2D eigenvalue weighted by molar-refractivity contribution is 0.322. The van der Waals surface area contributed by atoms with Crippen molar-refractivity contribution in [2.24, 2.45) is 5.41 Å². The molecule has 100 valence electrons. The molecule has 1 heterocycles. The zero-order valence-corrected chi connectivity index (χ0v) is 11.9. The number of fused-ring (bicyclic) bond motifs is 1. The minimum atomic E-state index is 0.404. The van der Waals surface area contributed by atoms with E-state index < -0.39 is 0 Å². The second-order valence-electron chi connectivity index (χ2n) is 6.18. The maximum absolute atomic E-state index is 3.65. The van der Waals surface area contributed by atoms with Gasteiger partial charge in [0.2, 0.25) is 0 Å². The fourth-order valence-corrected chi connectivity index (χ4v) is 2.48. The summed E-state index contributed by atoms with van der Waals surface area (Å²) >= 11 is 0. The largest absolute Gasteiger partial charge is 0.316 e. The Bertz CT molecular complexity index is 384. The van der Waals surface area contributed by atoms with E-state index in [0.717, 1.165) is 26.2 Å². The van der Waals surface area contributed by atoms with Crippen LogP contribution in [0.25, 0.3) is 0 Å². The minimum absolute atomic E-state index is 0.404. The Labute approximate surface area is 111 Å². The average Bonchev–Trinajstić information content (AvgIpc) is 2.39. The van der Waals surface area contributed by atoms with E-state index in [1.54, 1.807) is 0 Å². The molecule has 0 saturated heterocycles. The van der Waals surface area contributed by atoms with Gasteiger partial charge in [-0.1, -0.05) is 45.0 Å². The van der Waals surface area contributed by atoms with Crippen molar-refractivity contribution in [3.05, 3.63) is 35.4 Å². The standard InChI is InChI=1S/C16H26N2/c1-4-16(2,3)12-18-11-14-10-17-9-13-7-5-6-8-15(13)14/h5-8,14,17-18H,4,9-12H2,1-3H3. The maximum atomic E-state index is 3.65. The van der Waals surface area contributed by atoms with Gasteiger partial charge in [-0.3, -0.25) is 0 Å². The van der Waals surface area contributed by atoms with E-state index in [4.69, 9.17) is 0 Å². The molecule has 1 aliphatic heterocycles. The van der Waals surface area contributed by atoms with Crippen molar-refractivity contribution < 1.29 is 0 Å². The van der Waals surface area contributed by atoms with Crippen LogP contribution in [0.15, 0.2) is 24.3 Å². The van der Waals surface area contributed by atoms with Crippen molar-refractivity contribution in [1.82, 2.24) is 10.6 Å². The topological polar surface area (TPSA) is 24.1 Å². The first kappa shape index (κ1) is 13.6. The van der Waals surface area contributed by atoms with Gasteiger partial charge in [0.1, 0.15) is 0 Å². The molecule has 1 atom stereocenters. The first-order valence-electron chi connectivity index (χ1n) is 7.11. The third-order valence-electron chi connectivity index (χ3n) is 4.15. The van der Waals surface area contributed by atoms with Gasteiger partial charge in [-0.05, 0) is 23.0 Å². The van der Waals surface area contributed by atoms with Gasteiger partial charge in [-0.2, -0.15) is 0 Å². The lowest BCUT2D eigenvalue weighted by Gasteiger charge is -2.29. The van der Waals surface area contributed by atoms with Crippen molar-refractivity contribution >= 4 is 0 Å². The van der Waals surface area contributed by atoms with Gasteiger partial charge in [-0.15, -0.1) is 0 Å². The summed E-state index contributed by atoms with van der Waals surface area (Å²) in [6, 6.07) is 8.82. The molecular formula is C16H26N2. The summed E-state index contributed by atoms with van der Waals surface area (Å²) in [5.41, 5.74) is 3.39. The van der Waals surface area contributed by atoms with Crippen LogP contribution in [0, 0.1) is 5.41 Å². The third kappa shape index (κ3) is 3.33. The van der Waals surface area contributed by atoms with Crippen molar-refractivity contribution in [1.29, 1.82) is 0 Å². The van der Waals surface area contributed by atoms with E-state index in [1.807, 2.05) is 0 Å². The Morgan fingerprint density at radius 1 is 1.33 bits per heavy atom. The van der Waals surface area contributed by atoms with Crippen molar-refractivity contribution in [3.8, 4) is 0 Å². The fraction of sp³-hybridized carbons (Fsp3) is 0.625. The van der Waals surface area contributed by atoms with Crippen LogP contribution in [0.4, 0.5) is 0 Å². The van der Waals surface area contributed by atoms with Crippen molar-refractivity contribution in [2.45, 2.75) is 39.7 Å². The molecule has 1 aliphatic rings. The van der Waals surface area contributed by atoms with Gasteiger partial charge in [0.05, 0.1) is 0 Å². The van der Waals surface area contributed by atoms with Gasteiger partial charge in [0.15, 0.2) is 0 Å². The van der Waals surface area contributed by atoms with Gasteiger partial charge >= 0.3 is 0 Å². The summed E-state index contributed by atoms with van der Waals surface area (Å²) in [4.78, 5) is 0. The van der Waals surface area contributed by atoms with Crippen LogP contribution in [-0.2, 0) is 6.54 Å². The van der Waals surface area contributed by atoms with Crippen LogP contribution in [0.2, 0.25) is 0 Å². The molecular weight excluding hydrogens is 220 g/mol. The molecule has 2 heteroatoms. The molecule has 0 aliphatic carbocycles. The first-order valence-corrected chi connectivity index (χ1v) is 7.11. The highest BCUT2D eigenvalue weighted by Gasteiger charge is 2.20. The molecule has 0 bridgehead atoms. The van der Waals surface area contributed by atoms with E-state index in [1.165, 1.54) is 17.5 Å². The smallest absolute Gasteiger partial charge is 0.0208 e. The Morgan fingerprint density at radius 3 is 2.89 bits per heavy atom. The maximum Gasteiger partial charge on any atom is 0.0208 e. The fourth-order valence-electron chi connectivity index (χ4n) is 2.48. The molecule has 1 aromatic rings. The summed E-state index contributed by atoms with van der Waals surface area (Å²) in [5, 5.41) is 7.16. The number of hydrogen-bond donors (Lipinski definition) is 2. The summed E-state index contributed by atoms with van der Waals surface area (Å²) in [6.07, 6.45) is 1.22. The predicted molar refractivity (Wildman–Crippen MR) is 77.8 cm³/mol. The van der Waals surface area contributed by atoms with Gasteiger partial charge in [0.25, 0.3) is 0 Å². The Morgan fingerprint density at radius 2 is 2.11 bits per heavy atom. The van der Waals surface area contributed by atoms with E-state index in [2.05, 4.69) is 55.7 Å². The van der Waals surface area contributed by atoms with Gasteiger partial charge in [-0.25, -0.2) is 0 Å². The van der Waals surface area contributed by atoms with E-state index in [-0.39, 0.29) is 0 Å². The number of benzene rings is 1. The molecule has 2 rings (SSSR count). The molecule has 2 nitrogen and oxygen atoms in total. The van der Waals surface area contributed by atoms with Crippen molar-refractivity contribution in [2.75, 3.05) is 19.6 Å². The lowest BCUT2D eigenvalue weighted by Crippen LogP contribution is -2.37. The zero-order valence-electron chi connectivity index (χ0n) is 11.9. The molecule has 0 spiro atoms. The second-order valence-corrected chi connectivity index (χ2v) is 6.18. The molecule has 18 heavy (non-hydrogen) atoms. The SMILES string of the molecule is CCC(C)(C)CNCC1CNCc2ccccc21. The molecule has 0 aromatic heterocycles. The van der Waals surface area contributed by atoms with E-state index >= 15 is 0 Å². The normalized spacial score (nSPS) is 19.6. The van der Waals surface area contributed by atoms with Gasteiger partial charge in [0, 0.05) is 32.1 Å². The van der Waals surface area contributed by atoms with Crippen LogP contribution < -0.4 is 10.6 Å². The highest BCUT2D eigenvalue weighted by atomic mass is 14.9. The zero-order chi connectivity index (χ0) is 13.0. The molecule has 0 radical (unpaired) electrons. The van der Waals surface area contributed by atoms with E-state index in [9.17, 15) is 0 Å². The first-order chi connectivity index (χ1) is 8.62. The highest BCUT2D eigenvalue weighted by Crippen LogP contribution is 2.24. The van der Waals surface area contributed by atoms with Crippen molar-refractivity contribution in [3.63, 3.8) is 0 Å². The minimum Gasteiger partial charge on any atom is -0.316 e.